The molecular formula is C16H22O3. The third-order valence-electron chi connectivity index (χ3n) is 3.12. The fraction of sp³-hybridized carbons (Fsp3) is 0.500. The summed E-state index contributed by atoms with van der Waals surface area (Å²) < 4.78 is 0. The number of phenols is 1. The standard InChI is InChI=1S/C16H22O3/c1-15(2,3)11-7-10(13(18)9-17)8-12(14(11)19)16(4,5)6/h7-9,19H,1-6H3. The van der Waals surface area contributed by atoms with E-state index >= 15 is 0 Å². The molecule has 0 saturated carbocycles. The van der Waals surface area contributed by atoms with Crippen LogP contribution in [0.15, 0.2) is 12.1 Å². The number of hydrogen-bond donors (Lipinski definition) is 1. The highest BCUT2D eigenvalue weighted by atomic mass is 16.3. The van der Waals surface area contributed by atoms with Crippen molar-refractivity contribution in [3.05, 3.63) is 28.8 Å². The van der Waals surface area contributed by atoms with Crippen LogP contribution in [0.5, 0.6) is 5.75 Å². The normalized spacial score (nSPS) is 12.3. The third-order valence-corrected chi connectivity index (χ3v) is 3.12. The van der Waals surface area contributed by atoms with E-state index in [0.717, 1.165) is 0 Å². The Hall–Kier alpha value is -1.64. The molecule has 0 bridgehead atoms. The van der Waals surface area contributed by atoms with Crippen LogP contribution in [-0.4, -0.2) is 17.2 Å². The first kappa shape index (κ1) is 15.4. The maximum absolute atomic E-state index is 11.6. The third kappa shape index (κ3) is 3.22. The Kier molecular flexibility index (Phi) is 3.89. The van der Waals surface area contributed by atoms with E-state index in [1.165, 1.54) is 0 Å². The first-order valence-corrected chi connectivity index (χ1v) is 6.36. The summed E-state index contributed by atoms with van der Waals surface area (Å²) in [6.45, 7) is 11.8. The molecule has 0 aromatic heterocycles. The molecule has 0 amide bonds. The predicted molar refractivity (Wildman–Crippen MR) is 75.9 cm³/mol. The quantitative estimate of drug-likeness (QED) is 0.505. The molecule has 0 fully saturated rings. The molecule has 0 aliphatic carbocycles. The minimum Gasteiger partial charge on any atom is -0.507 e. The number of hydrogen-bond acceptors (Lipinski definition) is 3. The topological polar surface area (TPSA) is 54.4 Å². The zero-order valence-corrected chi connectivity index (χ0v) is 12.5. The van der Waals surface area contributed by atoms with Gasteiger partial charge in [0.05, 0.1) is 0 Å². The van der Waals surface area contributed by atoms with Crippen LogP contribution in [0.1, 0.15) is 63.0 Å². The number of phenolic OH excluding ortho intramolecular Hbond substituents is 1. The number of benzene rings is 1. The lowest BCUT2D eigenvalue weighted by Gasteiger charge is -2.27. The molecule has 0 unspecified atom stereocenters. The average Bonchev–Trinajstić information content (AvgIpc) is 2.25. The summed E-state index contributed by atoms with van der Waals surface area (Å²) in [6.07, 6.45) is 0.311. The van der Waals surface area contributed by atoms with Gasteiger partial charge in [-0.2, -0.15) is 0 Å². The largest absolute Gasteiger partial charge is 0.507 e. The summed E-state index contributed by atoms with van der Waals surface area (Å²) in [4.78, 5) is 22.3. The van der Waals surface area contributed by atoms with E-state index in [9.17, 15) is 14.7 Å². The molecular weight excluding hydrogens is 240 g/mol. The van der Waals surface area contributed by atoms with Crippen molar-refractivity contribution in [1.29, 1.82) is 0 Å². The van der Waals surface area contributed by atoms with Crippen LogP contribution in [0.25, 0.3) is 0 Å². The van der Waals surface area contributed by atoms with Gasteiger partial charge in [0.1, 0.15) is 5.75 Å². The van der Waals surface area contributed by atoms with Gasteiger partial charge in [0.2, 0.25) is 5.78 Å². The summed E-state index contributed by atoms with van der Waals surface area (Å²) in [5.74, 6) is -0.349. The lowest BCUT2D eigenvalue weighted by atomic mass is 9.78. The van der Waals surface area contributed by atoms with Crippen molar-refractivity contribution >= 4 is 12.1 Å². The Morgan fingerprint density at radius 2 is 1.37 bits per heavy atom. The van der Waals surface area contributed by atoms with E-state index in [1.807, 2.05) is 41.5 Å². The number of ketones is 1. The Morgan fingerprint density at radius 1 is 1.00 bits per heavy atom. The summed E-state index contributed by atoms with van der Waals surface area (Å²) in [6, 6.07) is 3.22. The van der Waals surface area contributed by atoms with E-state index in [2.05, 4.69) is 0 Å². The van der Waals surface area contributed by atoms with Gasteiger partial charge in [-0.25, -0.2) is 0 Å². The van der Waals surface area contributed by atoms with Gasteiger partial charge in [0.15, 0.2) is 6.29 Å². The number of carbonyl (C=O) groups excluding carboxylic acids is 2. The fourth-order valence-electron chi connectivity index (χ4n) is 1.99. The van der Waals surface area contributed by atoms with Crippen LogP contribution in [-0.2, 0) is 15.6 Å². The molecule has 0 aliphatic rings. The molecule has 1 rings (SSSR count). The van der Waals surface area contributed by atoms with Gasteiger partial charge in [-0.1, -0.05) is 41.5 Å². The number of aromatic hydroxyl groups is 1. The molecule has 0 spiro atoms. The minimum atomic E-state index is -0.559. The van der Waals surface area contributed by atoms with E-state index in [-0.39, 0.29) is 16.6 Å². The SMILES string of the molecule is CC(C)(C)c1cc(C(=O)C=O)cc(C(C)(C)C)c1O. The van der Waals surface area contributed by atoms with Gasteiger partial charge in [0, 0.05) is 16.7 Å². The van der Waals surface area contributed by atoms with Crippen molar-refractivity contribution in [2.75, 3.05) is 0 Å². The van der Waals surface area contributed by atoms with Crippen LogP contribution < -0.4 is 0 Å². The van der Waals surface area contributed by atoms with Crippen molar-refractivity contribution in [2.45, 2.75) is 52.4 Å². The van der Waals surface area contributed by atoms with Gasteiger partial charge in [-0.15, -0.1) is 0 Å². The summed E-state index contributed by atoms with van der Waals surface area (Å²) in [5.41, 5.74) is 1.10. The average molecular weight is 262 g/mol. The van der Waals surface area contributed by atoms with Gasteiger partial charge in [0.25, 0.3) is 0 Å². The van der Waals surface area contributed by atoms with Crippen molar-refractivity contribution in [3.63, 3.8) is 0 Å². The smallest absolute Gasteiger partial charge is 0.225 e. The molecule has 0 radical (unpaired) electrons. The molecule has 3 nitrogen and oxygen atoms in total. The highest BCUT2D eigenvalue weighted by molar-refractivity contribution is 6.33. The fourth-order valence-corrected chi connectivity index (χ4v) is 1.99. The minimum absolute atomic E-state index is 0.211. The second-order valence-corrected chi connectivity index (χ2v) is 6.90. The monoisotopic (exact) mass is 262 g/mol. The summed E-state index contributed by atoms with van der Waals surface area (Å²) in [7, 11) is 0. The molecule has 1 aromatic carbocycles. The van der Waals surface area contributed by atoms with E-state index < -0.39 is 5.78 Å². The van der Waals surface area contributed by atoms with E-state index in [0.29, 0.717) is 23.0 Å². The predicted octanol–water partition coefficient (Wildman–Crippen LogP) is 3.37. The molecule has 1 aromatic rings. The van der Waals surface area contributed by atoms with Crippen molar-refractivity contribution in [3.8, 4) is 5.75 Å². The zero-order chi connectivity index (χ0) is 15.0. The van der Waals surface area contributed by atoms with Crippen molar-refractivity contribution in [1.82, 2.24) is 0 Å². The molecule has 3 heteroatoms. The highest BCUT2D eigenvalue weighted by Gasteiger charge is 2.27. The molecule has 1 N–H and O–H groups in total. The van der Waals surface area contributed by atoms with Crippen LogP contribution >= 0.6 is 0 Å². The van der Waals surface area contributed by atoms with Gasteiger partial charge < -0.3 is 5.11 Å². The number of Topliss-reactive ketones (excluding diaryl/α,β-unsaturated/α-hetero) is 1. The zero-order valence-electron chi connectivity index (χ0n) is 12.5. The summed E-state index contributed by atoms with van der Waals surface area (Å²) >= 11 is 0. The lowest BCUT2D eigenvalue weighted by Crippen LogP contribution is -2.19. The Balaban J connectivity index is 3.66. The van der Waals surface area contributed by atoms with Gasteiger partial charge in [-0.05, 0) is 23.0 Å². The Labute approximate surface area is 114 Å². The van der Waals surface area contributed by atoms with Crippen LogP contribution in [0.2, 0.25) is 0 Å². The molecule has 0 heterocycles. The first-order valence-electron chi connectivity index (χ1n) is 6.36. The Morgan fingerprint density at radius 3 is 1.63 bits per heavy atom. The molecule has 0 atom stereocenters. The lowest BCUT2D eigenvalue weighted by molar-refractivity contribution is -0.104. The molecule has 19 heavy (non-hydrogen) atoms. The molecule has 0 aliphatic heterocycles. The second kappa shape index (κ2) is 4.80. The van der Waals surface area contributed by atoms with E-state index in [4.69, 9.17) is 0 Å². The summed E-state index contributed by atoms with van der Waals surface area (Å²) in [5, 5.41) is 10.4. The maximum atomic E-state index is 11.6. The second-order valence-electron chi connectivity index (χ2n) is 6.90. The molecule has 0 saturated heterocycles. The van der Waals surface area contributed by atoms with Crippen LogP contribution in [0, 0.1) is 0 Å². The number of aldehydes is 1. The number of rotatable bonds is 2. The van der Waals surface area contributed by atoms with Crippen molar-refractivity contribution < 1.29 is 14.7 Å². The molecule has 104 valence electrons. The van der Waals surface area contributed by atoms with Crippen molar-refractivity contribution in [2.24, 2.45) is 0 Å². The number of carbonyl (C=O) groups is 2. The Bertz CT molecular complexity index is 479. The van der Waals surface area contributed by atoms with Gasteiger partial charge >= 0.3 is 0 Å². The highest BCUT2D eigenvalue weighted by Crippen LogP contribution is 2.39. The first-order chi connectivity index (χ1) is 8.48. The van der Waals surface area contributed by atoms with Crippen LogP contribution in [0.3, 0.4) is 0 Å². The van der Waals surface area contributed by atoms with Gasteiger partial charge in [-0.3, -0.25) is 9.59 Å². The maximum Gasteiger partial charge on any atom is 0.225 e. The van der Waals surface area contributed by atoms with E-state index in [1.54, 1.807) is 12.1 Å². The van der Waals surface area contributed by atoms with Crippen LogP contribution in [0.4, 0.5) is 0 Å².